The summed E-state index contributed by atoms with van der Waals surface area (Å²) in [6, 6.07) is 16.7. The van der Waals surface area contributed by atoms with E-state index in [0.29, 0.717) is 11.4 Å². The van der Waals surface area contributed by atoms with Crippen LogP contribution in [-0.4, -0.2) is 33.9 Å². The molecule has 33 heavy (non-hydrogen) atoms. The highest BCUT2D eigenvalue weighted by atomic mass is 35.5. The Bertz CT molecular complexity index is 1280. The molecule has 3 aromatic rings. The van der Waals surface area contributed by atoms with Gasteiger partial charge in [0.25, 0.3) is 10.0 Å². The number of ether oxygens (including phenoxy) is 1. The third-order valence-corrected chi connectivity index (χ3v) is 6.86. The zero-order valence-corrected chi connectivity index (χ0v) is 19.5. The molecular weight excluding hydrogens is 466 g/mol. The molecule has 0 bridgehead atoms. The molecule has 0 unspecified atom stereocenters. The Hall–Kier alpha value is -3.56. The summed E-state index contributed by atoms with van der Waals surface area (Å²) >= 11 is 6.21. The average molecular weight is 488 g/mol. The maximum Gasteiger partial charge on any atom is 0.264 e. The molecule has 2 amide bonds. The van der Waals surface area contributed by atoms with Crippen molar-refractivity contribution in [3.63, 3.8) is 0 Å². The molecule has 0 radical (unpaired) electrons. The lowest BCUT2D eigenvalue weighted by Gasteiger charge is -2.24. The summed E-state index contributed by atoms with van der Waals surface area (Å²) in [6.07, 6.45) is 0. The standard InChI is InChI=1S/C23H22ClN3O5S/c1-15-3-10-19(11-4-15)33(30,31)27(18-9-12-21(32-2)20(24)13-18)14-22(28)26-17-7-5-16(6-8-17)23(25)29/h3-13H,14H2,1-2H3,(H2,25,29)(H,26,28). The van der Waals surface area contributed by atoms with Gasteiger partial charge in [-0.2, -0.15) is 0 Å². The van der Waals surface area contributed by atoms with Gasteiger partial charge in [-0.05, 0) is 61.5 Å². The lowest BCUT2D eigenvalue weighted by Crippen LogP contribution is -2.38. The Labute approximate surface area is 197 Å². The van der Waals surface area contributed by atoms with Crippen molar-refractivity contribution in [1.29, 1.82) is 0 Å². The van der Waals surface area contributed by atoms with Crippen molar-refractivity contribution in [3.05, 3.63) is 82.9 Å². The van der Waals surface area contributed by atoms with E-state index in [1.165, 1.54) is 61.7 Å². The van der Waals surface area contributed by atoms with E-state index in [1.807, 2.05) is 6.92 Å². The highest BCUT2D eigenvalue weighted by molar-refractivity contribution is 7.92. The van der Waals surface area contributed by atoms with E-state index < -0.39 is 28.4 Å². The fraction of sp³-hybridized carbons (Fsp3) is 0.130. The average Bonchev–Trinajstić information content (AvgIpc) is 2.78. The molecule has 8 nitrogen and oxygen atoms in total. The summed E-state index contributed by atoms with van der Waals surface area (Å²) in [5, 5.41) is 2.82. The molecule has 0 atom stereocenters. The minimum absolute atomic E-state index is 0.0265. The van der Waals surface area contributed by atoms with Crippen LogP contribution in [0.1, 0.15) is 15.9 Å². The number of halogens is 1. The van der Waals surface area contributed by atoms with Gasteiger partial charge in [0, 0.05) is 11.3 Å². The Morgan fingerprint density at radius 2 is 1.67 bits per heavy atom. The Morgan fingerprint density at radius 3 is 2.21 bits per heavy atom. The van der Waals surface area contributed by atoms with Crippen molar-refractivity contribution < 1.29 is 22.7 Å². The lowest BCUT2D eigenvalue weighted by atomic mass is 10.2. The third kappa shape index (κ3) is 5.63. The van der Waals surface area contributed by atoms with Crippen LogP contribution in [0.2, 0.25) is 5.02 Å². The fourth-order valence-electron chi connectivity index (χ4n) is 3.01. The largest absolute Gasteiger partial charge is 0.495 e. The van der Waals surface area contributed by atoms with Gasteiger partial charge in [0.05, 0.1) is 22.7 Å². The van der Waals surface area contributed by atoms with Crippen LogP contribution in [0.15, 0.2) is 71.6 Å². The second-order valence-electron chi connectivity index (χ2n) is 7.13. The van der Waals surface area contributed by atoms with Crippen LogP contribution in [-0.2, 0) is 14.8 Å². The molecule has 3 rings (SSSR count). The van der Waals surface area contributed by atoms with Crippen molar-refractivity contribution in [1.82, 2.24) is 0 Å². The van der Waals surface area contributed by atoms with Gasteiger partial charge < -0.3 is 15.8 Å². The fourth-order valence-corrected chi connectivity index (χ4v) is 4.68. The number of anilines is 2. The van der Waals surface area contributed by atoms with Crippen molar-refractivity contribution in [2.24, 2.45) is 5.73 Å². The summed E-state index contributed by atoms with van der Waals surface area (Å²) in [5.41, 5.74) is 6.97. The predicted molar refractivity (Wildman–Crippen MR) is 127 cm³/mol. The topological polar surface area (TPSA) is 119 Å². The number of aryl methyl sites for hydroxylation is 1. The van der Waals surface area contributed by atoms with E-state index in [1.54, 1.807) is 12.1 Å². The zero-order valence-electron chi connectivity index (χ0n) is 17.9. The monoisotopic (exact) mass is 487 g/mol. The first-order valence-electron chi connectivity index (χ1n) is 9.74. The number of methoxy groups -OCH3 is 1. The highest BCUT2D eigenvalue weighted by Crippen LogP contribution is 2.32. The van der Waals surface area contributed by atoms with Crippen molar-refractivity contribution >= 4 is 44.8 Å². The molecule has 0 heterocycles. The number of carbonyl (C=O) groups is 2. The molecular formula is C23H22ClN3O5S. The summed E-state index contributed by atoms with van der Waals surface area (Å²) in [7, 11) is -2.66. The molecule has 0 aromatic heterocycles. The van der Waals surface area contributed by atoms with Crippen LogP contribution in [0.3, 0.4) is 0 Å². The first-order valence-corrected chi connectivity index (χ1v) is 11.6. The number of hydrogen-bond acceptors (Lipinski definition) is 5. The highest BCUT2D eigenvalue weighted by Gasteiger charge is 2.28. The number of carbonyl (C=O) groups excluding carboxylic acids is 2. The third-order valence-electron chi connectivity index (χ3n) is 4.77. The van der Waals surface area contributed by atoms with Crippen LogP contribution in [0, 0.1) is 6.92 Å². The van der Waals surface area contributed by atoms with Crippen molar-refractivity contribution in [2.75, 3.05) is 23.3 Å². The summed E-state index contributed by atoms with van der Waals surface area (Å²) in [6.45, 7) is 1.32. The molecule has 0 spiro atoms. The van der Waals surface area contributed by atoms with Crippen LogP contribution < -0.4 is 20.1 Å². The molecule has 0 aliphatic carbocycles. The number of benzene rings is 3. The zero-order chi connectivity index (χ0) is 24.2. The minimum Gasteiger partial charge on any atom is -0.495 e. The SMILES string of the molecule is COc1ccc(N(CC(=O)Nc2ccc(C(N)=O)cc2)S(=O)(=O)c2ccc(C)cc2)cc1Cl. The van der Waals surface area contributed by atoms with Crippen LogP contribution in [0.25, 0.3) is 0 Å². The Morgan fingerprint density at radius 1 is 1.03 bits per heavy atom. The summed E-state index contributed by atoms with van der Waals surface area (Å²) in [5.74, 6) is -0.823. The van der Waals surface area contributed by atoms with Crippen LogP contribution in [0.4, 0.5) is 11.4 Å². The Balaban J connectivity index is 1.94. The predicted octanol–water partition coefficient (Wildman–Crippen LogP) is 3.59. The van der Waals surface area contributed by atoms with E-state index in [-0.39, 0.29) is 21.2 Å². The van der Waals surface area contributed by atoms with Gasteiger partial charge in [-0.1, -0.05) is 29.3 Å². The quantitative estimate of drug-likeness (QED) is 0.503. The molecule has 0 saturated heterocycles. The maximum absolute atomic E-state index is 13.4. The molecule has 0 saturated carbocycles. The number of nitrogens with zero attached hydrogens (tertiary/aromatic N) is 1. The molecule has 10 heteroatoms. The smallest absolute Gasteiger partial charge is 0.264 e. The van der Waals surface area contributed by atoms with E-state index in [2.05, 4.69) is 5.32 Å². The van der Waals surface area contributed by atoms with E-state index in [0.717, 1.165) is 9.87 Å². The summed E-state index contributed by atoms with van der Waals surface area (Å²) < 4.78 is 33.0. The molecule has 0 aliphatic rings. The number of sulfonamides is 1. The number of rotatable bonds is 8. The van der Waals surface area contributed by atoms with E-state index in [4.69, 9.17) is 22.1 Å². The van der Waals surface area contributed by atoms with Crippen molar-refractivity contribution in [2.45, 2.75) is 11.8 Å². The number of amides is 2. The Kier molecular flexibility index (Phi) is 7.25. The number of primary amides is 1. The van der Waals surface area contributed by atoms with E-state index in [9.17, 15) is 18.0 Å². The van der Waals surface area contributed by atoms with Crippen LogP contribution >= 0.6 is 11.6 Å². The molecule has 0 aliphatic heterocycles. The number of nitrogens with one attached hydrogen (secondary N) is 1. The number of nitrogens with two attached hydrogens (primary N) is 1. The first-order chi connectivity index (χ1) is 15.6. The molecule has 3 N–H and O–H groups in total. The summed E-state index contributed by atoms with van der Waals surface area (Å²) in [4.78, 5) is 24.0. The van der Waals surface area contributed by atoms with Gasteiger partial charge in [0.1, 0.15) is 12.3 Å². The van der Waals surface area contributed by atoms with Gasteiger partial charge in [-0.3, -0.25) is 13.9 Å². The van der Waals surface area contributed by atoms with Gasteiger partial charge in [0.2, 0.25) is 11.8 Å². The van der Waals surface area contributed by atoms with E-state index >= 15 is 0 Å². The molecule has 172 valence electrons. The van der Waals surface area contributed by atoms with Gasteiger partial charge in [-0.15, -0.1) is 0 Å². The molecule has 3 aromatic carbocycles. The second kappa shape index (κ2) is 9.93. The van der Waals surface area contributed by atoms with Gasteiger partial charge in [-0.25, -0.2) is 8.42 Å². The lowest BCUT2D eigenvalue weighted by molar-refractivity contribution is -0.114. The maximum atomic E-state index is 13.4. The molecule has 0 fully saturated rings. The van der Waals surface area contributed by atoms with Crippen LogP contribution in [0.5, 0.6) is 5.75 Å². The second-order valence-corrected chi connectivity index (χ2v) is 9.40. The van der Waals surface area contributed by atoms with Crippen molar-refractivity contribution in [3.8, 4) is 5.75 Å². The minimum atomic E-state index is -4.10. The number of hydrogen-bond donors (Lipinski definition) is 2. The first kappa shape index (κ1) is 24.1. The normalized spacial score (nSPS) is 11.0. The van der Waals surface area contributed by atoms with Gasteiger partial charge in [0.15, 0.2) is 0 Å². The van der Waals surface area contributed by atoms with Gasteiger partial charge >= 0.3 is 0 Å².